The Morgan fingerprint density at radius 2 is 1.58 bits per heavy atom. The molecule has 144 valence electrons. The minimum Gasteiger partial charge on any atom is -0.489 e. The average Bonchev–Trinajstić information content (AvgIpc) is 2.57. The SMILES string of the molecule is COC1=C(OC)C(=O)C(CCCC(CO[N+](=O)[O-])O[N+](=O)[O-])=C(C)C1=O. The molecule has 0 radical (unpaired) electrons. The minimum absolute atomic E-state index is 0.00373. The fourth-order valence-corrected chi connectivity index (χ4v) is 2.43. The zero-order valence-corrected chi connectivity index (χ0v) is 14.4. The van der Waals surface area contributed by atoms with E-state index < -0.39 is 34.5 Å². The van der Waals surface area contributed by atoms with Crippen LogP contribution in [0.15, 0.2) is 22.7 Å². The van der Waals surface area contributed by atoms with Gasteiger partial charge in [-0.05, 0) is 26.2 Å². The predicted molar refractivity (Wildman–Crippen MR) is 82.4 cm³/mol. The number of carbonyl (C=O) groups is 2. The highest BCUT2D eigenvalue weighted by Gasteiger charge is 2.34. The second-order valence-electron chi connectivity index (χ2n) is 5.19. The van der Waals surface area contributed by atoms with E-state index in [1.165, 1.54) is 21.1 Å². The lowest BCUT2D eigenvalue weighted by molar-refractivity contribution is -0.790. The fraction of sp³-hybridized carbons (Fsp3) is 0.571. The Bertz CT molecular complexity index is 667. The number of allylic oxidation sites excluding steroid dienone is 2. The maximum atomic E-state index is 12.4. The summed E-state index contributed by atoms with van der Waals surface area (Å²) in [6.45, 7) is 0.831. The van der Waals surface area contributed by atoms with E-state index in [2.05, 4.69) is 9.68 Å². The van der Waals surface area contributed by atoms with Crippen molar-refractivity contribution >= 4 is 11.6 Å². The lowest BCUT2D eigenvalue weighted by Crippen LogP contribution is -2.26. The molecule has 1 aliphatic rings. The van der Waals surface area contributed by atoms with Crippen LogP contribution in [0.2, 0.25) is 0 Å². The number of ether oxygens (including phenoxy) is 2. The van der Waals surface area contributed by atoms with E-state index in [9.17, 15) is 29.8 Å². The summed E-state index contributed by atoms with van der Waals surface area (Å²) < 4.78 is 9.85. The second-order valence-corrected chi connectivity index (χ2v) is 5.19. The van der Waals surface area contributed by atoms with Gasteiger partial charge in [0.05, 0.1) is 14.2 Å². The van der Waals surface area contributed by atoms with Gasteiger partial charge in [-0.1, -0.05) is 0 Å². The van der Waals surface area contributed by atoms with Crippen LogP contribution in [0.1, 0.15) is 26.2 Å². The Kier molecular flexibility index (Phi) is 7.50. The molecule has 0 saturated heterocycles. The number of Topliss-reactive ketones (excluding diaryl/α,β-unsaturated/α-hetero) is 2. The Labute approximate surface area is 147 Å². The van der Waals surface area contributed by atoms with Crippen LogP contribution in [-0.2, 0) is 28.7 Å². The molecule has 1 atom stereocenters. The molecule has 0 aromatic carbocycles. The van der Waals surface area contributed by atoms with Crippen molar-refractivity contribution in [2.75, 3.05) is 20.8 Å². The van der Waals surface area contributed by atoms with Gasteiger partial charge in [0.15, 0.2) is 0 Å². The molecule has 0 fully saturated rings. The van der Waals surface area contributed by atoms with Gasteiger partial charge in [0.2, 0.25) is 23.1 Å². The van der Waals surface area contributed by atoms with E-state index in [1.54, 1.807) is 0 Å². The maximum Gasteiger partial charge on any atom is 0.294 e. The van der Waals surface area contributed by atoms with Crippen LogP contribution in [-0.4, -0.2) is 48.7 Å². The Hall–Kier alpha value is -3.18. The third-order valence-corrected chi connectivity index (χ3v) is 3.65. The second kappa shape index (κ2) is 9.34. The molecular weight excluding hydrogens is 356 g/mol. The Morgan fingerprint density at radius 1 is 1.00 bits per heavy atom. The first kappa shape index (κ1) is 20.9. The maximum absolute atomic E-state index is 12.4. The summed E-state index contributed by atoms with van der Waals surface area (Å²) in [6.07, 6.45) is -0.908. The van der Waals surface area contributed by atoms with Crippen molar-refractivity contribution in [2.24, 2.45) is 0 Å². The van der Waals surface area contributed by atoms with Crippen LogP contribution in [0.5, 0.6) is 0 Å². The van der Waals surface area contributed by atoms with Crippen molar-refractivity contribution in [3.63, 3.8) is 0 Å². The molecule has 1 rings (SSSR count). The van der Waals surface area contributed by atoms with Crippen LogP contribution >= 0.6 is 0 Å². The van der Waals surface area contributed by atoms with Gasteiger partial charge < -0.3 is 19.1 Å². The third-order valence-electron chi connectivity index (χ3n) is 3.65. The van der Waals surface area contributed by atoms with Gasteiger partial charge >= 0.3 is 0 Å². The molecular formula is C14H18N2O10. The summed E-state index contributed by atoms with van der Waals surface area (Å²) in [6, 6.07) is 0. The van der Waals surface area contributed by atoms with E-state index >= 15 is 0 Å². The van der Waals surface area contributed by atoms with Gasteiger partial charge in [-0.25, -0.2) is 0 Å². The molecule has 0 heterocycles. The largest absolute Gasteiger partial charge is 0.489 e. The number of carbonyl (C=O) groups excluding carboxylic acids is 2. The zero-order chi connectivity index (χ0) is 19.9. The van der Waals surface area contributed by atoms with Gasteiger partial charge in [-0.15, -0.1) is 20.2 Å². The first-order valence-corrected chi connectivity index (χ1v) is 7.42. The van der Waals surface area contributed by atoms with Crippen LogP contribution in [0, 0.1) is 20.2 Å². The van der Waals surface area contributed by atoms with E-state index in [4.69, 9.17) is 9.47 Å². The first-order valence-electron chi connectivity index (χ1n) is 7.42. The molecule has 26 heavy (non-hydrogen) atoms. The molecule has 0 aliphatic heterocycles. The number of ketones is 2. The topological polar surface area (TPSA) is 157 Å². The average molecular weight is 374 g/mol. The molecule has 12 nitrogen and oxygen atoms in total. The summed E-state index contributed by atoms with van der Waals surface area (Å²) in [5.74, 6) is -1.41. The van der Waals surface area contributed by atoms with Crippen molar-refractivity contribution in [2.45, 2.75) is 32.3 Å². The lowest BCUT2D eigenvalue weighted by Gasteiger charge is -2.20. The highest BCUT2D eigenvalue weighted by Crippen LogP contribution is 2.28. The molecule has 1 aliphatic carbocycles. The van der Waals surface area contributed by atoms with Gasteiger partial charge in [0.25, 0.3) is 10.2 Å². The van der Waals surface area contributed by atoms with Crippen LogP contribution in [0.4, 0.5) is 0 Å². The van der Waals surface area contributed by atoms with Crippen LogP contribution < -0.4 is 0 Å². The van der Waals surface area contributed by atoms with Crippen molar-refractivity contribution in [1.82, 2.24) is 0 Å². The number of hydrogen-bond acceptors (Lipinski definition) is 10. The number of nitrogens with zero attached hydrogens (tertiary/aromatic N) is 2. The normalized spacial score (nSPS) is 15.7. The molecule has 0 bridgehead atoms. The molecule has 1 unspecified atom stereocenters. The molecule has 12 heteroatoms. The lowest BCUT2D eigenvalue weighted by atomic mass is 9.89. The molecule has 0 aromatic heterocycles. The number of rotatable bonds is 11. The van der Waals surface area contributed by atoms with Gasteiger partial charge in [0, 0.05) is 11.1 Å². The standard InChI is InChI=1S/C14H18N2O10/c1-8-10(12(18)14(24-3)13(23-2)11(8)17)6-4-5-9(26-16(21)22)7-25-15(19)20/h9H,4-7H2,1-3H3. The third kappa shape index (κ3) is 5.16. The summed E-state index contributed by atoms with van der Waals surface area (Å²) in [7, 11) is 2.47. The first-order chi connectivity index (χ1) is 12.2. The fourth-order valence-electron chi connectivity index (χ4n) is 2.43. The summed E-state index contributed by atoms with van der Waals surface area (Å²) >= 11 is 0. The highest BCUT2D eigenvalue weighted by atomic mass is 17.0. The smallest absolute Gasteiger partial charge is 0.294 e. The van der Waals surface area contributed by atoms with Crippen LogP contribution in [0.3, 0.4) is 0 Å². The quantitative estimate of drug-likeness (QED) is 0.289. The van der Waals surface area contributed by atoms with Gasteiger partial charge in [0.1, 0.15) is 12.7 Å². The van der Waals surface area contributed by atoms with Crippen molar-refractivity contribution in [3.05, 3.63) is 42.9 Å². The number of methoxy groups -OCH3 is 2. The molecule has 0 aromatic rings. The van der Waals surface area contributed by atoms with Crippen LogP contribution in [0.25, 0.3) is 0 Å². The minimum atomic E-state index is -1.18. The highest BCUT2D eigenvalue weighted by molar-refractivity contribution is 6.23. The van der Waals surface area contributed by atoms with E-state index in [0.29, 0.717) is 0 Å². The van der Waals surface area contributed by atoms with E-state index in [-0.39, 0.29) is 41.9 Å². The van der Waals surface area contributed by atoms with Gasteiger partial charge in [-0.3, -0.25) is 9.59 Å². The summed E-state index contributed by atoms with van der Waals surface area (Å²) in [4.78, 5) is 53.7. The van der Waals surface area contributed by atoms with Crippen molar-refractivity contribution in [1.29, 1.82) is 0 Å². The monoisotopic (exact) mass is 374 g/mol. The van der Waals surface area contributed by atoms with Crippen molar-refractivity contribution in [3.8, 4) is 0 Å². The molecule has 0 amide bonds. The zero-order valence-electron chi connectivity index (χ0n) is 14.4. The predicted octanol–water partition coefficient (Wildman–Crippen LogP) is 0.915. The Morgan fingerprint density at radius 3 is 2.08 bits per heavy atom. The molecule has 0 N–H and O–H groups in total. The summed E-state index contributed by atoms with van der Waals surface area (Å²) in [5, 5.41) is 18.5. The van der Waals surface area contributed by atoms with Crippen molar-refractivity contribution < 1.29 is 38.9 Å². The van der Waals surface area contributed by atoms with E-state index in [0.717, 1.165) is 0 Å². The Balaban J connectivity index is 2.79. The number of hydrogen-bond donors (Lipinski definition) is 0. The molecule has 0 spiro atoms. The summed E-state index contributed by atoms with van der Waals surface area (Å²) in [5.41, 5.74) is 0.364. The van der Waals surface area contributed by atoms with Gasteiger partial charge in [-0.2, -0.15) is 0 Å². The molecule has 0 saturated carbocycles. The van der Waals surface area contributed by atoms with E-state index in [1.807, 2.05) is 0 Å².